The molecule has 0 aliphatic heterocycles. The zero-order valence-corrected chi connectivity index (χ0v) is 13.2. The van der Waals surface area contributed by atoms with Crippen LogP contribution >= 0.6 is 0 Å². The summed E-state index contributed by atoms with van der Waals surface area (Å²) in [6.07, 6.45) is 1.61. The molecule has 0 saturated heterocycles. The first kappa shape index (κ1) is 17.4. The summed E-state index contributed by atoms with van der Waals surface area (Å²) in [6.45, 7) is 7.08. The predicted molar refractivity (Wildman–Crippen MR) is 81.6 cm³/mol. The lowest BCUT2D eigenvalue weighted by atomic mass is 10.1. The number of hydrogen-bond donors (Lipinski definition) is 1. The monoisotopic (exact) mass is 298 g/mol. The van der Waals surface area contributed by atoms with Crippen molar-refractivity contribution in [2.24, 2.45) is 5.92 Å². The van der Waals surface area contributed by atoms with Crippen LogP contribution in [0, 0.1) is 17.6 Å². The average molecular weight is 298 g/mol. The van der Waals surface area contributed by atoms with Gasteiger partial charge in [0.15, 0.2) is 0 Å². The molecule has 3 nitrogen and oxygen atoms in total. The van der Waals surface area contributed by atoms with Crippen LogP contribution in [0.1, 0.15) is 44.0 Å². The van der Waals surface area contributed by atoms with Crippen molar-refractivity contribution in [3.05, 3.63) is 29.3 Å². The fourth-order valence-corrected chi connectivity index (χ4v) is 1.89. The maximum Gasteiger partial charge on any atom is 0.253 e. The fraction of sp³-hybridized carbons (Fsp3) is 0.562. The van der Waals surface area contributed by atoms with E-state index < -0.39 is 11.6 Å². The van der Waals surface area contributed by atoms with E-state index in [1.54, 1.807) is 7.05 Å². The zero-order valence-electron chi connectivity index (χ0n) is 13.2. The molecule has 21 heavy (non-hydrogen) atoms. The Morgan fingerprint density at radius 2 is 1.86 bits per heavy atom. The van der Waals surface area contributed by atoms with E-state index >= 15 is 0 Å². The molecule has 1 N–H and O–H groups in total. The van der Waals surface area contributed by atoms with E-state index in [9.17, 15) is 13.6 Å². The zero-order chi connectivity index (χ0) is 16.0. The summed E-state index contributed by atoms with van der Waals surface area (Å²) in [5.41, 5.74) is -0.128. The Kier molecular flexibility index (Phi) is 6.59. The number of halogens is 2. The van der Waals surface area contributed by atoms with Gasteiger partial charge in [-0.15, -0.1) is 0 Å². The number of rotatable bonds is 7. The van der Waals surface area contributed by atoms with Crippen LogP contribution in [-0.4, -0.2) is 30.9 Å². The first-order valence-corrected chi connectivity index (χ1v) is 7.35. The summed E-state index contributed by atoms with van der Waals surface area (Å²) in [7, 11) is 1.64. The number of benzene rings is 1. The van der Waals surface area contributed by atoms with Gasteiger partial charge >= 0.3 is 0 Å². The van der Waals surface area contributed by atoms with Gasteiger partial charge in [0.2, 0.25) is 0 Å². The van der Waals surface area contributed by atoms with Gasteiger partial charge in [0, 0.05) is 25.7 Å². The molecular weight excluding hydrogens is 274 g/mol. The number of carbonyl (C=O) groups excluding carboxylic acids is 1. The lowest BCUT2D eigenvalue weighted by molar-refractivity contribution is 0.0788. The molecule has 118 valence electrons. The van der Waals surface area contributed by atoms with Crippen molar-refractivity contribution < 1.29 is 13.6 Å². The van der Waals surface area contributed by atoms with Crippen LogP contribution in [0.2, 0.25) is 0 Å². The number of nitrogens with one attached hydrogen (secondary N) is 1. The van der Waals surface area contributed by atoms with Crippen LogP contribution < -0.4 is 5.32 Å². The number of anilines is 1. The van der Waals surface area contributed by atoms with Crippen molar-refractivity contribution in [2.45, 2.75) is 33.6 Å². The minimum Gasteiger partial charge on any atom is -0.380 e. The number of amides is 1. The molecule has 0 bridgehead atoms. The van der Waals surface area contributed by atoms with Gasteiger partial charge in [-0.25, -0.2) is 8.78 Å². The second-order valence-electron chi connectivity index (χ2n) is 5.65. The van der Waals surface area contributed by atoms with E-state index in [1.807, 2.05) is 6.92 Å². The van der Waals surface area contributed by atoms with Gasteiger partial charge < -0.3 is 10.2 Å². The molecule has 5 heteroatoms. The highest BCUT2D eigenvalue weighted by atomic mass is 19.1. The Bertz CT molecular complexity index is 466. The van der Waals surface area contributed by atoms with Gasteiger partial charge in [-0.2, -0.15) is 0 Å². The van der Waals surface area contributed by atoms with Gasteiger partial charge in [0.1, 0.15) is 17.3 Å². The van der Waals surface area contributed by atoms with E-state index in [0.29, 0.717) is 19.0 Å². The van der Waals surface area contributed by atoms with Crippen molar-refractivity contribution >= 4 is 11.6 Å². The summed E-state index contributed by atoms with van der Waals surface area (Å²) in [5, 5.41) is 2.69. The van der Waals surface area contributed by atoms with Gasteiger partial charge in [-0.05, 0) is 30.9 Å². The highest BCUT2D eigenvalue weighted by molar-refractivity contribution is 5.94. The Balaban J connectivity index is 2.86. The number of carbonyl (C=O) groups is 1. The van der Waals surface area contributed by atoms with Gasteiger partial charge in [0.25, 0.3) is 5.91 Å². The lowest BCUT2D eigenvalue weighted by Crippen LogP contribution is -2.28. The minimum absolute atomic E-state index is 0.0401. The van der Waals surface area contributed by atoms with Crippen molar-refractivity contribution in [1.29, 1.82) is 0 Å². The van der Waals surface area contributed by atoms with Crippen LogP contribution in [-0.2, 0) is 0 Å². The molecule has 0 radical (unpaired) electrons. The highest BCUT2D eigenvalue weighted by Crippen LogP contribution is 2.21. The van der Waals surface area contributed by atoms with E-state index in [-0.39, 0.29) is 17.2 Å². The summed E-state index contributed by atoms with van der Waals surface area (Å²) in [4.78, 5) is 13.7. The predicted octanol–water partition coefficient (Wildman–Crippen LogP) is 3.90. The van der Waals surface area contributed by atoms with E-state index in [4.69, 9.17) is 0 Å². The normalized spacial score (nSPS) is 10.8. The maximum absolute atomic E-state index is 13.9. The van der Waals surface area contributed by atoms with Crippen molar-refractivity contribution in [3.8, 4) is 0 Å². The Labute approximate surface area is 125 Å². The molecule has 0 unspecified atom stereocenters. The molecule has 1 aromatic rings. The quantitative estimate of drug-likeness (QED) is 0.828. The lowest BCUT2D eigenvalue weighted by Gasteiger charge is -2.19. The third-order valence-corrected chi connectivity index (χ3v) is 3.23. The van der Waals surface area contributed by atoms with Crippen LogP contribution in [0.25, 0.3) is 0 Å². The Hall–Kier alpha value is -1.65. The summed E-state index contributed by atoms with van der Waals surface area (Å²) >= 11 is 0. The molecule has 0 saturated carbocycles. The number of hydrogen-bond acceptors (Lipinski definition) is 2. The molecule has 0 spiro atoms. The Morgan fingerprint density at radius 1 is 1.29 bits per heavy atom. The topological polar surface area (TPSA) is 32.3 Å². The third-order valence-electron chi connectivity index (χ3n) is 3.23. The third kappa shape index (κ3) is 4.99. The Morgan fingerprint density at radius 3 is 2.33 bits per heavy atom. The molecule has 0 fully saturated rings. The van der Waals surface area contributed by atoms with Crippen molar-refractivity contribution in [1.82, 2.24) is 4.90 Å². The maximum atomic E-state index is 13.9. The summed E-state index contributed by atoms with van der Waals surface area (Å²) in [5.74, 6) is -1.36. The van der Waals surface area contributed by atoms with Crippen LogP contribution in [0.3, 0.4) is 0 Å². The summed E-state index contributed by atoms with van der Waals surface area (Å²) < 4.78 is 27.8. The second kappa shape index (κ2) is 7.96. The SMILES string of the molecule is CCCNc1c(F)cc(C(=O)N(C)CCC(C)C)cc1F. The van der Waals surface area contributed by atoms with Crippen LogP contribution in [0.4, 0.5) is 14.5 Å². The largest absolute Gasteiger partial charge is 0.380 e. The van der Waals surface area contributed by atoms with E-state index in [2.05, 4.69) is 19.2 Å². The average Bonchev–Trinajstić information content (AvgIpc) is 2.42. The molecule has 0 heterocycles. The first-order chi connectivity index (χ1) is 9.86. The van der Waals surface area contributed by atoms with Crippen LogP contribution in [0.5, 0.6) is 0 Å². The van der Waals surface area contributed by atoms with Crippen molar-refractivity contribution in [3.63, 3.8) is 0 Å². The number of nitrogens with zero attached hydrogens (tertiary/aromatic N) is 1. The molecular formula is C16H24F2N2O. The highest BCUT2D eigenvalue weighted by Gasteiger charge is 2.17. The van der Waals surface area contributed by atoms with E-state index in [1.165, 1.54) is 4.90 Å². The minimum atomic E-state index is -0.732. The standard InChI is InChI=1S/C16H24F2N2O/c1-5-7-19-15-13(17)9-12(10-14(15)18)16(21)20(4)8-6-11(2)3/h9-11,19H,5-8H2,1-4H3. The molecule has 0 aliphatic carbocycles. The molecule has 0 aliphatic rings. The molecule has 1 rings (SSSR count). The van der Waals surface area contributed by atoms with Gasteiger partial charge in [-0.3, -0.25) is 4.79 Å². The first-order valence-electron chi connectivity index (χ1n) is 7.35. The summed E-state index contributed by atoms with van der Waals surface area (Å²) in [6, 6.07) is 2.19. The van der Waals surface area contributed by atoms with E-state index in [0.717, 1.165) is 25.0 Å². The molecule has 0 atom stereocenters. The van der Waals surface area contributed by atoms with Crippen molar-refractivity contribution in [2.75, 3.05) is 25.5 Å². The molecule has 1 aromatic carbocycles. The molecule has 1 amide bonds. The van der Waals surface area contributed by atoms with Gasteiger partial charge in [-0.1, -0.05) is 20.8 Å². The second-order valence-corrected chi connectivity index (χ2v) is 5.65. The van der Waals surface area contributed by atoms with Gasteiger partial charge in [0.05, 0.1) is 0 Å². The fourth-order valence-electron chi connectivity index (χ4n) is 1.89. The van der Waals surface area contributed by atoms with Crippen LogP contribution in [0.15, 0.2) is 12.1 Å². The molecule has 0 aromatic heterocycles. The smallest absolute Gasteiger partial charge is 0.253 e.